The van der Waals surface area contributed by atoms with E-state index in [0.717, 1.165) is 66.8 Å². The summed E-state index contributed by atoms with van der Waals surface area (Å²) in [5.41, 5.74) is 12.5. The van der Waals surface area contributed by atoms with Crippen LogP contribution in [0.1, 0.15) is 139 Å². The smallest absolute Gasteiger partial charge is 0.153 e. The standard InChI is InChI=1S/C68H64O12/c1-5-17-77-65-53-21-49(41-9-13-45(37-69)61(73)33-41)22-54(65)30-56-24-51(43-11-15-47(39-71)63(75)35-43)26-58(67(56)79-19-7-3)32-60-28-52(44-12-16-48(40-72)64(76)36-44)27-59(68(60)80-20-8-4)31-57-25-50(23-55(29-53)66(57)78-18-6-2)42-10-14-46(38-70)62(74)34-42/h9-16,21-28,33-40,73-76H,5-8,17-20,29-32H2,1-4H3. The van der Waals surface area contributed by atoms with Gasteiger partial charge in [-0.3, -0.25) is 19.2 Å². The number of hydrogen-bond acceptors (Lipinski definition) is 12. The van der Waals surface area contributed by atoms with E-state index in [4.69, 9.17) is 18.9 Å². The molecule has 4 N–H and O–H groups in total. The van der Waals surface area contributed by atoms with E-state index in [1.807, 2.05) is 76.2 Å². The van der Waals surface area contributed by atoms with Gasteiger partial charge in [0.1, 0.15) is 46.0 Å². The van der Waals surface area contributed by atoms with E-state index in [1.165, 1.54) is 0 Å². The summed E-state index contributed by atoms with van der Waals surface area (Å²) in [6.45, 7) is 9.67. The molecule has 0 heterocycles. The maximum atomic E-state index is 12.0. The van der Waals surface area contributed by atoms with Crippen LogP contribution in [0.15, 0.2) is 121 Å². The minimum atomic E-state index is -0.169. The number of benzene rings is 8. The van der Waals surface area contributed by atoms with Crippen molar-refractivity contribution in [2.45, 2.75) is 79.1 Å². The first-order chi connectivity index (χ1) is 38.9. The van der Waals surface area contributed by atoms with Crippen molar-refractivity contribution in [1.29, 1.82) is 0 Å². The van der Waals surface area contributed by atoms with Gasteiger partial charge in [0.05, 0.1) is 48.7 Å². The molecule has 0 aromatic heterocycles. The summed E-state index contributed by atoms with van der Waals surface area (Å²) >= 11 is 0. The number of carbonyl (C=O) groups excluding carboxylic acids is 4. The van der Waals surface area contributed by atoms with Crippen LogP contribution in [0.25, 0.3) is 44.5 Å². The minimum absolute atomic E-state index is 0.149. The predicted octanol–water partition coefficient (Wildman–Crippen LogP) is 14.3. The number of fused-ring (bicyclic) bond motifs is 8. The largest absolute Gasteiger partial charge is 0.507 e. The van der Waals surface area contributed by atoms with Crippen molar-refractivity contribution >= 4 is 25.1 Å². The zero-order valence-electron chi connectivity index (χ0n) is 45.4. The zero-order valence-corrected chi connectivity index (χ0v) is 45.4. The Bertz CT molecular complexity index is 3080. The molecule has 0 unspecified atom stereocenters. The maximum absolute atomic E-state index is 12.0. The molecule has 8 aromatic carbocycles. The fourth-order valence-electron chi connectivity index (χ4n) is 10.4. The Kier molecular flexibility index (Phi) is 17.4. The van der Waals surface area contributed by atoms with Crippen LogP contribution < -0.4 is 18.9 Å². The molecule has 8 aromatic rings. The SMILES string of the molecule is CCCOc1c2cc(-c3ccc(C=O)c(O)c3)cc1Cc1cc(-c3ccc(C=O)c(O)c3)cc(c1OCCC)Cc1cc(-c3ccc(C=O)c(O)c3)cc(c1OCCC)Cc1cc(-c3ccc(C=O)c(O)c3)cc(c1OCCC)C2. The van der Waals surface area contributed by atoms with E-state index in [0.29, 0.717) is 123 Å². The third-order valence-corrected chi connectivity index (χ3v) is 14.3. The Morgan fingerprint density at radius 3 is 0.637 bits per heavy atom. The minimum Gasteiger partial charge on any atom is -0.507 e. The Morgan fingerprint density at radius 1 is 0.300 bits per heavy atom. The van der Waals surface area contributed by atoms with Crippen LogP contribution in [0.5, 0.6) is 46.0 Å². The second kappa shape index (κ2) is 25.1. The van der Waals surface area contributed by atoms with Crippen molar-refractivity contribution in [2.75, 3.05) is 26.4 Å². The summed E-state index contributed by atoms with van der Waals surface area (Å²) in [5, 5.41) is 44.5. The highest BCUT2D eigenvalue weighted by Gasteiger charge is 2.26. The second-order valence-electron chi connectivity index (χ2n) is 20.2. The first kappa shape index (κ1) is 55.6. The third-order valence-electron chi connectivity index (χ3n) is 14.3. The maximum Gasteiger partial charge on any atom is 0.153 e. The number of phenolic OH excluding ortho intramolecular Hbond substituents is 4. The number of aromatic hydroxyl groups is 4. The molecule has 0 aliphatic heterocycles. The molecule has 1 aliphatic rings. The topological polar surface area (TPSA) is 186 Å². The van der Waals surface area contributed by atoms with Crippen LogP contribution in [-0.4, -0.2) is 72.0 Å². The highest BCUT2D eigenvalue weighted by molar-refractivity contribution is 5.85. The number of aldehydes is 4. The van der Waals surface area contributed by atoms with E-state index in [9.17, 15) is 39.6 Å². The number of phenols is 4. The van der Waals surface area contributed by atoms with Gasteiger partial charge in [0.15, 0.2) is 25.1 Å². The van der Waals surface area contributed by atoms with Gasteiger partial charge >= 0.3 is 0 Å². The molecule has 12 nitrogen and oxygen atoms in total. The summed E-state index contributed by atoms with van der Waals surface area (Å²) in [4.78, 5) is 48.0. The van der Waals surface area contributed by atoms with Crippen LogP contribution in [0.2, 0.25) is 0 Å². The highest BCUT2D eigenvalue weighted by Crippen LogP contribution is 2.45. The van der Waals surface area contributed by atoms with Gasteiger partial charge in [-0.2, -0.15) is 0 Å². The molecule has 0 spiro atoms. The molecule has 80 heavy (non-hydrogen) atoms. The summed E-state index contributed by atoms with van der Waals surface area (Å²) < 4.78 is 27.7. The molecule has 0 saturated heterocycles. The molecule has 0 fully saturated rings. The van der Waals surface area contributed by atoms with Gasteiger partial charge in [0.2, 0.25) is 0 Å². The normalized spacial score (nSPS) is 11.8. The van der Waals surface area contributed by atoms with Crippen LogP contribution in [-0.2, 0) is 25.7 Å². The van der Waals surface area contributed by atoms with Crippen LogP contribution >= 0.6 is 0 Å². The summed E-state index contributed by atoms with van der Waals surface area (Å²) in [6, 6.07) is 36.2. The molecule has 0 radical (unpaired) electrons. The lowest BCUT2D eigenvalue weighted by atomic mass is 9.86. The molecule has 1 aliphatic carbocycles. The third kappa shape index (κ3) is 11.9. The summed E-state index contributed by atoms with van der Waals surface area (Å²) in [7, 11) is 0. The number of carbonyl (C=O) groups is 4. The Morgan fingerprint density at radius 2 is 0.487 bits per heavy atom. The lowest BCUT2D eigenvalue weighted by molar-refractivity contribution is 0.111. The van der Waals surface area contributed by atoms with Gasteiger partial charge in [-0.1, -0.05) is 52.0 Å². The summed E-state index contributed by atoms with van der Waals surface area (Å²) in [5.74, 6) is 1.85. The number of ether oxygens (including phenoxy) is 4. The van der Waals surface area contributed by atoms with E-state index in [1.54, 1.807) is 72.8 Å². The summed E-state index contributed by atoms with van der Waals surface area (Å²) in [6.07, 6.45) is 6.27. The van der Waals surface area contributed by atoms with Gasteiger partial charge in [-0.15, -0.1) is 0 Å². The first-order valence-corrected chi connectivity index (χ1v) is 27.2. The van der Waals surface area contributed by atoms with Crippen LogP contribution in [0, 0.1) is 0 Å². The van der Waals surface area contributed by atoms with Gasteiger partial charge in [-0.25, -0.2) is 0 Å². The van der Waals surface area contributed by atoms with Crippen molar-refractivity contribution in [3.05, 3.63) is 188 Å². The van der Waals surface area contributed by atoms with Crippen LogP contribution in [0.4, 0.5) is 0 Å². The number of rotatable bonds is 20. The Labute approximate surface area is 465 Å². The van der Waals surface area contributed by atoms with Crippen molar-refractivity contribution in [1.82, 2.24) is 0 Å². The fraction of sp³-hybridized carbons (Fsp3) is 0.235. The lowest BCUT2D eigenvalue weighted by Crippen LogP contribution is -2.11. The van der Waals surface area contributed by atoms with E-state index >= 15 is 0 Å². The first-order valence-electron chi connectivity index (χ1n) is 27.2. The second-order valence-corrected chi connectivity index (χ2v) is 20.2. The molecule has 0 amide bonds. The van der Waals surface area contributed by atoms with E-state index in [-0.39, 0.29) is 70.9 Å². The predicted molar refractivity (Wildman–Crippen MR) is 310 cm³/mol. The molecule has 12 heteroatoms. The van der Waals surface area contributed by atoms with Crippen molar-refractivity contribution in [3.63, 3.8) is 0 Å². The van der Waals surface area contributed by atoms with Gasteiger partial charge in [0.25, 0.3) is 0 Å². The van der Waals surface area contributed by atoms with E-state index < -0.39 is 0 Å². The average Bonchev–Trinajstić information content (AvgIpc) is 3.51. The average molecular weight is 1070 g/mol. The van der Waals surface area contributed by atoms with Crippen LogP contribution in [0.3, 0.4) is 0 Å². The quantitative estimate of drug-likeness (QED) is 0.0530. The molecule has 0 atom stereocenters. The van der Waals surface area contributed by atoms with Crippen molar-refractivity contribution in [2.24, 2.45) is 0 Å². The number of hydrogen-bond donors (Lipinski definition) is 4. The highest BCUT2D eigenvalue weighted by atomic mass is 16.5. The zero-order chi connectivity index (χ0) is 56.5. The van der Waals surface area contributed by atoms with Gasteiger partial charge in [0, 0.05) is 25.7 Å². The molecule has 8 bridgehead atoms. The molecule has 0 saturated carbocycles. The van der Waals surface area contributed by atoms with E-state index in [2.05, 4.69) is 0 Å². The molecule has 9 rings (SSSR count). The fourth-order valence-corrected chi connectivity index (χ4v) is 10.4. The van der Waals surface area contributed by atoms with Crippen molar-refractivity contribution < 1.29 is 58.6 Å². The van der Waals surface area contributed by atoms with Gasteiger partial charge < -0.3 is 39.4 Å². The van der Waals surface area contributed by atoms with Crippen molar-refractivity contribution in [3.8, 4) is 90.5 Å². The molecular formula is C68H64O12. The van der Waals surface area contributed by atoms with Gasteiger partial charge in [-0.05, 0) is 212 Å². The monoisotopic (exact) mass is 1070 g/mol. The molecular weight excluding hydrogens is 1010 g/mol. The molecule has 408 valence electrons. The lowest BCUT2D eigenvalue weighted by Gasteiger charge is -2.25. The Hall–Kier alpha value is -9.16. The Balaban J connectivity index is 1.43.